The lowest BCUT2D eigenvalue weighted by Crippen LogP contribution is -2.07. The summed E-state index contributed by atoms with van der Waals surface area (Å²) in [6.45, 7) is 5.66. The second kappa shape index (κ2) is 5.30. The maximum absolute atomic E-state index is 10.4. The van der Waals surface area contributed by atoms with Crippen molar-refractivity contribution in [2.75, 3.05) is 0 Å². The predicted octanol–water partition coefficient (Wildman–Crippen LogP) is 2.28. The highest BCUT2D eigenvalue weighted by molar-refractivity contribution is 5.85. The number of aromatic nitrogens is 1. The van der Waals surface area contributed by atoms with Gasteiger partial charge in [-0.2, -0.15) is 0 Å². The summed E-state index contributed by atoms with van der Waals surface area (Å²) in [6, 6.07) is 3.62. The number of carbonyl (C=O) groups is 1. The molecule has 0 fully saturated rings. The molecule has 0 atom stereocenters. The Balaban J connectivity index is 3.03. The van der Waals surface area contributed by atoms with Crippen LogP contribution in [-0.4, -0.2) is 22.2 Å². The van der Waals surface area contributed by atoms with Gasteiger partial charge < -0.3 is 9.84 Å². The van der Waals surface area contributed by atoms with Crippen LogP contribution >= 0.6 is 0 Å². The molecule has 0 saturated carbocycles. The Morgan fingerprint density at radius 2 is 2.19 bits per heavy atom. The van der Waals surface area contributed by atoms with E-state index in [4.69, 9.17) is 9.84 Å². The Hall–Kier alpha value is -1.84. The van der Waals surface area contributed by atoms with E-state index in [-0.39, 0.29) is 6.10 Å². The lowest BCUT2D eigenvalue weighted by molar-refractivity contribution is -0.131. The maximum Gasteiger partial charge on any atom is 0.328 e. The van der Waals surface area contributed by atoms with Gasteiger partial charge in [0.05, 0.1) is 6.10 Å². The Kier molecular flexibility index (Phi) is 4.05. The molecule has 4 heteroatoms. The summed E-state index contributed by atoms with van der Waals surface area (Å²) < 4.78 is 5.53. The molecule has 0 aliphatic heterocycles. The molecule has 4 nitrogen and oxygen atoms in total. The number of rotatable bonds is 4. The first-order chi connectivity index (χ1) is 7.49. The molecule has 1 aromatic heterocycles. The van der Waals surface area contributed by atoms with Gasteiger partial charge in [0, 0.05) is 11.8 Å². The minimum Gasteiger partial charge on any atom is -0.489 e. The van der Waals surface area contributed by atoms with E-state index in [1.807, 2.05) is 26.8 Å². The van der Waals surface area contributed by atoms with Crippen LogP contribution in [0, 0.1) is 6.92 Å². The first-order valence-electron chi connectivity index (χ1n) is 5.04. The topological polar surface area (TPSA) is 59.4 Å². The molecule has 1 N–H and O–H groups in total. The third-order valence-electron chi connectivity index (χ3n) is 1.77. The van der Waals surface area contributed by atoms with E-state index in [0.29, 0.717) is 11.4 Å². The Labute approximate surface area is 94.6 Å². The summed E-state index contributed by atoms with van der Waals surface area (Å²) >= 11 is 0. The predicted molar refractivity (Wildman–Crippen MR) is 61.4 cm³/mol. The third-order valence-corrected chi connectivity index (χ3v) is 1.77. The fourth-order valence-corrected chi connectivity index (χ4v) is 1.19. The van der Waals surface area contributed by atoms with Crippen molar-refractivity contribution < 1.29 is 14.6 Å². The van der Waals surface area contributed by atoms with E-state index < -0.39 is 5.97 Å². The zero-order chi connectivity index (χ0) is 12.1. The molecule has 0 amide bonds. The summed E-state index contributed by atoms with van der Waals surface area (Å²) in [5, 5.41) is 8.56. The summed E-state index contributed by atoms with van der Waals surface area (Å²) in [4.78, 5) is 14.7. The van der Waals surface area contributed by atoms with E-state index in [1.54, 1.807) is 6.07 Å². The highest BCUT2D eigenvalue weighted by atomic mass is 16.5. The van der Waals surface area contributed by atoms with Crippen molar-refractivity contribution in [2.24, 2.45) is 0 Å². The fourth-order valence-electron chi connectivity index (χ4n) is 1.19. The van der Waals surface area contributed by atoms with E-state index in [0.717, 1.165) is 11.8 Å². The molecule has 0 spiro atoms. The van der Waals surface area contributed by atoms with Crippen molar-refractivity contribution in [2.45, 2.75) is 26.9 Å². The van der Waals surface area contributed by atoms with Crippen LogP contribution in [-0.2, 0) is 4.79 Å². The van der Waals surface area contributed by atoms with Crippen molar-refractivity contribution in [3.8, 4) is 5.75 Å². The van der Waals surface area contributed by atoms with Gasteiger partial charge in [0.1, 0.15) is 11.4 Å². The fraction of sp³-hybridized carbons (Fsp3) is 0.333. The molecular weight excluding hydrogens is 206 g/mol. The van der Waals surface area contributed by atoms with Crippen molar-refractivity contribution in [1.29, 1.82) is 0 Å². The maximum atomic E-state index is 10.4. The molecule has 1 heterocycles. The second-order valence-corrected chi connectivity index (χ2v) is 3.67. The molecule has 0 saturated heterocycles. The van der Waals surface area contributed by atoms with Gasteiger partial charge in [-0.05, 0) is 39.0 Å². The first-order valence-corrected chi connectivity index (χ1v) is 5.04. The van der Waals surface area contributed by atoms with Crippen LogP contribution in [0.25, 0.3) is 6.08 Å². The molecular formula is C12H15NO3. The number of hydrogen-bond acceptors (Lipinski definition) is 3. The first kappa shape index (κ1) is 12.2. The number of carboxylic acids is 1. The molecule has 1 rings (SSSR count). The highest BCUT2D eigenvalue weighted by Gasteiger charge is 2.05. The van der Waals surface area contributed by atoms with Crippen LogP contribution in [0.3, 0.4) is 0 Å². The van der Waals surface area contributed by atoms with Crippen LogP contribution in [0.4, 0.5) is 0 Å². The summed E-state index contributed by atoms with van der Waals surface area (Å²) in [7, 11) is 0. The van der Waals surface area contributed by atoms with Gasteiger partial charge in [-0.3, -0.25) is 0 Å². The summed E-state index contributed by atoms with van der Waals surface area (Å²) in [5.74, 6) is -0.406. The molecule has 1 aromatic rings. The smallest absolute Gasteiger partial charge is 0.328 e. The lowest BCUT2D eigenvalue weighted by atomic mass is 10.2. The minimum absolute atomic E-state index is 0.0292. The third kappa shape index (κ3) is 3.73. The number of pyridine rings is 1. The van der Waals surface area contributed by atoms with Gasteiger partial charge in [0.15, 0.2) is 0 Å². The SMILES string of the molecule is Cc1ccc(OC(C)C)c(C=CC(=O)O)n1. The normalized spacial score (nSPS) is 11.0. The van der Waals surface area contributed by atoms with Crippen molar-refractivity contribution in [3.05, 3.63) is 29.6 Å². The van der Waals surface area contributed by atoms with Crippen LogP contribution in [0.15, 0.2) is 18.2 Å². The van der Waals surface area contributed by atoms with Gasteiger partial charge in [-0.15, -0.1) is 0 Å². The number of aryl methyl sites for hydroxylation is 1. The zero-order valence-electron chi connectivity index (χ0n) is 9.60. The Morgan fingerprint density at radius 3 is 2.75 bits per heavy atom. The van der Waals surface area contributed by atoms with Crippen molar-refractivity contribution in [3.63, 3.8) is 0 Å². The van der Waals surface area contributed by atoms with Crippen LogP contribution in [0.1, 0.15) is 25.2 Å². The van der Waals surface area contributed by atoms with E-state index in [1.165, 1.54) is 6.08 Å². The Morgan fingerprint density at radius 1 is 1.50 bits per heavy atom. The lowest BCUT2D eigenvalue weighted by Gasteiger charge is -2.11. The van der Waals surface area contributed by atoms with E-state index in [9.17, 15) is 4.79 Å². The van der Waals surface area contributed by atoms with Gasteiger partial charge in [0.25, 0.3) is 0 Å². The average molecular weight is 221 g/mol. The summed E-state index contributed by atoms with van der Waals surface area (Å²) in [5.41, 5.74) is 1.36. The number of nitrogens with zero attached hydrogens (tertiary/aromatic N) is 1. The largest absolute Gasteiger partial charge is 0.489 e. The molecule has 0 aliphatic carbocycles. The molecule has 0 bridgehead atoms. The average Bonchev–Trinajstić information content (AvgIpc) is 2.17. The summed E-state index contributed by atoms with van der Waals surface area (Å²) in [6.07, 6.45) is 2.52. The van der Waals surface area contributed by atoms with Crippen molar-refractivity contribution >= 4 is 12.0 Å². The van der Waals surface area contributed by atoms with Gasteiger partial charge in [0.2, 0.25) is 0 Å². The molecule has 0 radical (unpaired) electrons. The van der Waals surface area contributed by atoms with Crippen LogP contribution in [0.2, 0.25) is 0 Å². The van der Waals surface area contributed by atoms with Crippen molar-refractivity contribution in [1.82, 2.24) is 4.98 Å². The molecule has 86 valence electrons. The highest BCUT2D eigenvalue weighted by Crippen LogP contribution is 2.19. The standard InChI is InChI=1S/C12H15NO3/c1-8(2)16-11-6-4-9(3)13-10(11)5-7-12(14)15/h4-8H,1-3H3,(H,14,15). The molecule has 0 aromatic carbocycles. The Bertz CT molecular complexity index is 411. The number of ether oxygens (including phenoxy) is 1. The number of hydrogen-bond donors (Lipinski definition) is 1. The van der Waals surface area contributed by atoms with Gasteiger partial charge in [-0.1, -0.05) is 0 Å². The van der Waals surface area contributed by atoms with Gasteiger partial charge >= 0.3 is 5.97 Å². The monoisotopic (exact) mass is 221 g/mol. The number of aliphatic carboxylic acids is 1. The molecule has 16 heavy (non-hydrogen) atoms. The molecule has 0 unspecified atom stereocenters. The quantitative estimate of drug-likeness (QED) is 0.792. The second-order valence-electron chi connectivity index (χ2n) is 3.67. The molecule has 0 aliphatic rings. The number of carboxylic acid groups (broad SMARTS) is 1. The van der Waals surface area contributed by atoms with E-state index in [2.05, 4.69) is 4.98 Å². The van der Waals surface area contributed by atoms with Gasteiger partial charge in [-0.25, -0.2) is 9.78 Å². The zero-order valence-corrected chi connectivity index (χ0v) is 9.60. The van der Waals surface area contributed by atoms with Crippen LogP contribution in [0.5, 0.6) is 5.75 Å². The van der Waals surface area contributed by atoms with Crippen LogP contribution < -0.4 is 4.74 Å². The minimum atomic E-state index is -1.00. The van der Waals surface area contributed by atoms with E-state index >= 15 is 0 Å².